The zero-order chi connectivity index (χ0) is 29.8. The Morgan fingerprint density at radius 2 is 1.70 bits per heavy atom. The number of hydrogen-bond acceptors (Lipinski definition) is 4. The van der Waals surface area contributed by atoms with E-state index in [0.29, 0.717) is 32.1 Å². The third-order valence-electron chi connectivity index (χ3n) is 13.0. The molecule has 1 N–H and O–H groups in total. The van der Waals surface area contributed by atoms with Crippen LogP contribution in [-0.4, -0.2) is 28.9 Å². The van der Waals surface area contributed by atoms with Crippen LogP contribution in [0.1, 0.15) is 93.9 Å². The molecule has 0 saturated heterocycles. The molecule has 218 valence electrons. The normalized spacial score (nSPS) is 46.0. The Morgan fingerprint density at radius 3 is 2.30 bits per heavy atom. The Morgan fingerprint density at radius 1 is 1.05 bits per heavy atom. The van der Waals surface area contributed by atoms with E-state index >= 15 is 0 Å². The van der Waals surface area contributed by atoms with Crippen LogP contribution in [0.2, 0.25) is 0 Å². The van der Waals surface area contributed by atoms with Crippen molar-refractivity contribution in [1.82, 2.24) is 5.32 Å². The second-order valence-corrected chi connectivity index (χ2v) is 15.2. The first-order valence-corrected chi connectivity index (χ1v) is 14.9. The highest BCUT2D eigenvalue weighted by atomic mass is 19.3. The first-order valence-electron chi connectivity index (χ1n) is 14.9. The van der Waals surface area contributed by atoms with Crippen LogP contribution in [0.25, 0.3) is 0 Å². The van der Waals surface area contributed by atoms with E-state index in [1.165, 1.54) is 0 Å². The molecule has 3 saturated carbocycles. The highest BCUT2D eigenvalue weighted by Crippen LogP contribution is 2.73. The van der Waals surface area contributed by atoms with Crippen LogP contribution in [0, 0.1) is 62.6 Å². The van der Waals surface area contributed by atoms with Crippen LogP contribution < -0.4 is 5.32 Å². The van der Waals surface area contributed by atoms with Gasteiger partial charge < -0.3 is 5.32 Å². The molecule has 3 fully saturated rings. The third kappa shape index (κ3) is 3.56. The molecule has 0 aromatic carbocycles. The second kappa shape index (κ2) is 8.58. The quantitative estimate of drug-likeness (QED) is 0.417. The lowest BCUT2D eigenvalue weighted by Gasteiger charge is -2.69. The van der Waals surface area contributed by atoms with Crippen molar-refractivity contribution in [3.8, 4) is 6.07 Å². The van der Waals surface area contributed by atoms with Gasteiger partial charge in [0.15, 0.2) is 11.6 Å². The van der Waals surface area contributed by atoms with Crippen molar-refractivity contribution in [3.05, 3.63) is 23.3 Å². The largest absolute Gasteiger partial charge is 0.345 e. The van der Waals surface area contributed by atoms with Gasteiger partial charge in [-0.15, -0.1) is 0 Å². The average molecular weight is 555 g/mol. The molecule has 7 heteroatoms. The molecule has 0 radical (unpaired) electrons. The van der Waals surface area contributed by atoms with Gasteiger partial charge in [0.1, 0.15) is 6.07 Å². The highest BCUT2D eigenvalue weighted by molar-refractivity contribution is 6.04. The summed E-state index contributed by atoms with van der Waals surface area (Å²) < 4.78 is 28.4. The molecular formula is C33H44F2N2O3. The molecule has 5 nitrogen and oxygen atoms in total. The number of amides is 1. The number of carbonyl (C=O) groups is 3. The van der Waals surface area contributed by atoms with Gasteiger partial charge in [0.05, 0.1) is 5.57 Å². The van der Waals surface area contributed by atoms with Gasteiger partial charge in [-0.25, -0.2) is 0 Å². The van der Waals surface area contributed by atoms with Crippen molar-refractivity contribution in [3.63, 3.8) is 0 Å². The first-order chi connectivity index (χ1) is 18.3. The number of allylic oxidation sites excluding steroid dienone is 4. The van der Waals surface area contributed by atoms with E-state index in [-0.39, 0.29) is 34.9 Å². The van der Waals surface area contributed by atoms with Gasteiger partial charge in [-0.1, -0.05) is 60.1 Å². The lowest BCUT2D eigenvalue weighted by atomic mass is 9.34. The number of nitrogens with one attached hydrogen (secondary N) is 1. The fourth-order valence-corrected chi connectivity index (χ4v) is 10.4. The molecule has 0 aromatic rings. The fourth-order valence-electron chi connectivity index (χ4n) is 10.4. The van der Waals surface area contributed by atoms with Gasteiger partial charge in [0.2, 0.25) is 0 Å². The number of ketones is 2. The molecule has 0 aliphatic heterocycles. The Labute approximate surface area is 237 Å². The van der Waals surface area contributed by atoms with Gasteiger partial charge in [0.25, 0.3) is 5.91 Å². The first kappa shape index (κ1) is 29.1. The lowest BCUT2D eigenvalue weighted by Crippen LogP contribution is -2.71. The van der Waals surface area contributed by atoms with Gasteiger partial charge in [-0.3, -0.25) is 14.4 Å². The van der Waals surface area contributed by atoms with Crippen molar-refractivity contribution < 1.29 is 23.2 Å². The van der Waals surface area contributed by atoms with E-state index in [4.69, 9.17) is 0 Å². The SMILES string of the molecule is C[C@@H]1[C@H]2[C@H]3C(=O)C=C4[C@@]5(C)C=C(C#N)C(=O)C(C)(C)[C@@H]5CC[C@@]4(C)[C@]3(C)CC[C@@]2(NC(=O)C(C)(F)F)CC[C@H]1C. The maximum Gasteiger partial charge on any atom is 0.321 e. The minimum absolute atomic E-state index is 0.00834. The molecule has 5 rings (SSSR count). The minimum atomic E-state index is -3.50. The predicted octanol–water partition coefficient (Wildman–Crippen LogP) is 6.59. The fraction of sp³-hybridized carbons (Fsp3) is 0.758. The van der Waals surface area contributed by atoms with Crippen molar-refractivity contribution >= 4 is 17.5 Å². The Bertz CT molecular complexity index is 1290. The number of fused-ring (bicyclic) bond motifs is 7. The molecule has 0 spiro atoms. The van der Waals surface area contributed by atoms with Gasteiger partial charge >= 0.3 is 5.92 Å². The summed E-state index contributed by atoms with van der Waals surface area (Å²) in [5, 5.41) is 12.7. The number of hydrogen-bond donors (Lipinski definition) is 1. The molecule has 40 heavy (non-hydrogen) atoms. The monoisotopic (exact) mass is 554 g/mol. The smallest absolute Gasteiger partial charge is 0.321 e. The van der Waals surface area contributed by atoms with Crippen molar-refractivity contribution in [2.45, 2.75) is 105 Å². The Hall–Kier alpha value is -2.36. The summed E-state index contributed by atoms with van der Waals surface area (Å²) in [4.78, 5) is 40.4. The number of nitrogens with zero attached hydrogens (tertiary/aromatic N) is 1. The van der Waals surface area contributed by atoms with E-state index < -0.39 is 44.9 Å². The summed E-state index contributed by atoms with van der Waals surface area (Å²) in [7, 11) is 0. The number of halogens is 2. The molecule has 0 aromatic heterocycles. The number of alkyl halides is 2. The van der Waals surface area contributed by atoms with E-state index in [9.17, 15) is 28.4 Å². The zero-order valence-electron chi connectivity index (χ0n) is 25.2. The van der Waals surface area contributed by atoms with E-state index in [1.807, 2.05) is 19.9 Å². The number of nitriles is 1. The van der Waals surface area contributed by atoms with Gasteiger partial charge in [0, 0.05) is 29.2 Å². The van der Waals surface area contributed by atoms with E-state index in [1.54, 1.807) is 6.08 Å². The molecule has 5 aliphatic carbocycles. The van der Waals surface area contributed by atoms with Crippen molar-refractivity contribution in [2.75, 3.05) is 0 Å². The second-order valence-electron chi connectivity index (χ2n) is 15.2. The van der Waals surface area contributed by atoms with Crippen LogP contribution >= 0.6 is 0 Å². The lowest BCUT2D eigenvalue weighted by molar-refractivity contribution is -0.172. The van der Waals surface area contributed by atoms with Crippen molar-refractivity contribution in [2.24, 2.45) is 51.2 Å². The maximum atomic E-state index is 14.5. The third-order valence-corrected chi connectivity index (χ3v) is 13.0. The number of rotatable bonds is 2. The van der Waals surface area contributed by atoms with E-state index in [0.717, 1.165) is 24.8 Å². The standard InChI is InChI=1S/C33H44F2N2O3/c1-18-9-12-33(37-27(40)32(8,34)35)14-13-31(7)25(24(33)19(18)2)21(38)15-23-29(5)16-20(17-36)26(39)28(3,4)22(29)10-11-30(23,31)6/h15-16,18-19,22,24-25H,9-14H2,1-8H3,(H,37,40)/t18-,19+,22+,24+,25-,29+,30-,31-,33+/m1/s1. The van der Waals surface area contributed by atoms with Crippen LogP contribution in [0.5, 0.6) is 0 Å². The van der Waals surface area contributed by atoms with Gasteiger partial charge in [-0.2, -0.15) is 14.0 Å². The molecule has 0 unspecified atom stereocenters. The van der Waals surface area contributed by atoms with Gasteiger partial charge in [-0.05, 0) is 79.1 Å². The van der Waals surface area contributed by atoms with Crippen LogP contribution in [0.3, 0.4) is 0 Å². The zero-order valence-corrected chi connectivity index (χ0v) is 25.2. The Balaban J connectivity index is 1.68. The Kier molecular flexibility index (Phi) is 6.25. The summed E-state index contributed by atoms with van der Waals surface area (Å²) in [5.74, 6) is -5.26. The molecule has 5 aliphatic rings. The molecule has 0 bridgehead atoms. The molecule has 9 atom stereocenters. The topological polar surface area (TPSA) is 87.0 Å². The molecule has 0 heterocycles. The predicted molar refractivity (Wildman–Crippen MR) is 148 cm³/mol. The van der Waals surface area contributed by atoms with E-state index in [2.05, 4.69) is 46.0 Å². The van der Waals surface area contributed by atoms with Crippen molar-refractivity contribution in [1.29, 1.82) is 5.26 Å². The summed E-state index contributed by atoms with van der Waals surface area (Å²) in [6, 6.07) is 2.13. The number of Topliss-reactive ketones (excluding diaryl/α,β-unsaturated/α-hetero) is 1. The van der Waals surface area contributed by atoms with Crippen LogP contribution in [-0.2, 0) is 14.4 Å². The van der Waals surface area contributed by atoms with Crippen LogP contribution in [0.15, 0.2) is 23.3 Å². The summed E-state index contributed by atoms with van der Waals surface area (Å²) in [5.41, 5.74) is -1.91. The number of carbonyl (C=O) groups excluding carboxylic acids is 3. The maximum absolute atomic E-state index is 14.5. The summed E-state index contributed by atoms with van der Waals surface area (Å²) in [6.45, 7) is 15.3. The minimum Gasteiger partial charge on any atom is -0.345 e. The van der Waals surface area contributed by atoms with Crippen LogP contribution in [0.4, 0.5) is 8.78 Å². The molecular weight excluding hydrogens is 510 g/mol. The average Bonchev–Trinajstić information content (AvgIpc) is 2.85. The highest BCUT2D eigenvalue weighted by Gasteiger charge is 2.70. The molecule has 1 amide bonds. The summed E-state index contributed by atoms with van der Waals surface area (Å²) >= 11 is 0. The summed E-state index contributed by atoms with van der Waals surface area (Å²) in [6.07, 6.45) is 7.79.